The minimum atomic E-state index is -3.55. The van der Waals surface area contributed by atoms with Gasteiger partial charge in [0, 0.05) is 118 Å². The number of hydrogen-bond donors (Lipinski definition) is 7. The van der Waals surface area contributed by atoms with E-state index in [1.807, 2.05) is 48.7 Å². The molecule has 4 aliphatic carbocycles. The number of fused-ring (bicyclic) bond motifs is 5. The van der Waals surface area contributed by atoms with Crippen LogP contribution in [0.25, 0.3) is 0 Å². The second-order valence-corrected chi connectivity index (χ2v) is 40.2. The second-order valence-electron chi connectivity index (χ2n) is 37.3. The van der Waals surface area contributed by atoms with Crippen molar-refractivity contribution in [2.24, 2.45) is 46.3 Å². The van der Waals surface area contributed by atoms with Crippen LogP contribution in [0.3, 0.4) is 0 Å². The van der Waals surface area contributed by atoms with Crippen LogP contribution in [-0.4, -0.2) is 243 Å². The number of aryl methyl sites for hydroxylation is 1. The number of unbranched alkanes of at least 4 members (excludes halogenated alkanes) is 22. The SMILES string of the molecule is CC.CC(C)CCCC(C)C1CCC2C3CC=C4CC(O)CC[C@]4(C)C3CC[C@]12C.CCCCCCCCOCC(CC)OCCCOC.CCCCCCCCOCC(O)CC.CCCCCCCCOCC(O)CC.CCCCCCCCOCC1CO1.CCCCOC.CCCCOC.CNC.COCCCO.Cc1ccc(S(=O)(=O)Cl)cc1.ClCC1CO1.OCCCO.[H-].[Na+]. The summed E-state index contributed by atoms with van der Waals surface area (Å²) < 4.78 is 77.9. The van der Waals surface area contributed by atoms with Gasteiger partial charge in [0.25, 0.3) is 9.05 Å². The first-order chi connectivity index (χ1) is 63.6. The Balaban J connectivity index is -0.000000225. The molecule has 2 aliphatic heterocycles. The van der Waals surface area contributed by atoms with E-state index in [1.54, 1.807) is 46.1 Å². The van der Waals surface area contributed by atoms with Crippen LogP contribution in [0.1, 0.15) is 407 Å². The van der Waals surface area contributed by atoms with E-state index in [0.717, 1.165) is 178 Å². The van der Waals surface area contributed by atoms with Gasteiger partial charge in [-0.1, -0.05) is 301 Å². The van der Waals surface area contributed by atoms with Crippen molar-refractivity contribution in [3.05, 3.63) is 41.5 Å². The normalized spacial score (nSPS) is 20.3. The number of hydrogen-bond acceptors (Lipinski definition) is 20. The van der Waals surface area contributed by atoms with E-state index in [4.69, 9.17) is 85.0 Å². The van der Waals surface area contributed by atoms with Crippen molar-refractivity contribution in [1.29, 1.82) is 0 Å². The molecular formula is C109H222Cl2NNaO19S. The third kappa shape index (κ3) is 92.6. The smallest absolute Gasteiger partial charge is 1.00 e. The van der Waals surface area contributed by atoms with Gasteiger partial charge in [0.1, 0.15) is 6.10 Å². The molecule has 3 saturated carbocycles. The van der Waals surface area contributed by atoms with Gasteiger partial charge in [0.15, 0.2) is 0 Å². The standard InChI is InChI=1S/C27H46O.C16H34O3.2C12H26O2.C11H22O2.C7H7ClO2S.2C5H12O.C4H10O2.C3H5ClO.C3H8O2.C2H7N.C2H6.Na.H/c1-18(2)7-6-8-19(3)23-11-12-24-22-10-9-20-17-21(28)13-15-26(20,4)25(22)14-16-27(23,24)5;1-4-6-7-8-9-10-13-18-15-16(5-2)19-14-11-12-17-3;2*1-3-5-6-7-8-9-10-14-11-12(13)4-2;1-2-3-4-5-6-7-8-12-9-11-10-13-11;1-6-2-4-7(5-3-6)11(8,9)10;2*1-3-4-5-6-2;1-6-4-2-3-5;4-1-3-2-5-3;4-2-1-3-5;1-3-2;1-2;;/h9,18-19,21-25,28H,6-8,10-17H2,1-5H3;16H,4-15H2,1-3H3;2*12-13H,3-11H2,1-2H3;11H,2-10H2,1H3;2-5H,1H3;2*3-5H2,1-2H3;5H,2-4H2,1H3;3H,1-2H2;4-5H,1-3H2;3H,1-2H3;1-2H3;;/q;;;;;;;;;;;;;+1;-1/t19?,21?,22?,23?,24?,25?,26-,27+;;;;;;;;;;;;;;/m0............../s1. The molecule has 24 heteroatoms. The quantitative estimate of drug-likeness (QED) is 0.00797. The number of benzene rings is 1. The molecule has 13 atom stereocenters. The number of rotatable bonds is 62. The molecule has 7 rings (SSSR count). The fourth-order valence-corrected chi connectivity index (χ4v) is 17.3. The summed E-state index contributed by atoms with van der Waals surface area (Å²) in [6.07, 6.45) is 58.8. The number of epoxide rings is 2. The first-order valence-electron chi connectivity index (χ1n) is 53.5. The Bertz CT molecular complexity index is 2490. The van der Waals surface area contributed by atoms with Crippen molar-refractivity contribution in [1.82, 2.24) is 5.32 Å². The number of allylic oxidation sites excluding steroid dienone is 1. The number of aliphatic hydroxyl groups excluding tert-OH is 6. The average Bonchev–Trinajstić information content (AvgIpc) is 1.54. The molecule has 2 saturated heterocycles. The summed E-state index contributed by atoms with van der Waals surface area (Å²) in [6.45, 7) is 50.0. The molecule has 6 aliphatic rings. The number of methoxy groups -OCH3 is 4. The van der Waals surface area contributed by atoms with Gasteiger partial charge >= 0.3 is 29.6 Å². The first kappa shape index (κ1) is 146. The number of aliphatic hydroxyl groups is 6. The van der Waals surface area contributed by atoms with Gasteiger partial charge in [-0.15, -0.1) is 11.6 Å². The Hall–Kier alpha value is -0.230. The molecule has 798 valence electrons. The maximum atomic E-state index is 10.7. The average molecular weight is 1980 g/mol. The summed E-state index contributed by atoms with van der Waals surface area (Å²) in [7, 11) is 12.1. The van der Waals surface area contributed by atoms with Crippen molar-refractivity contribution in [3.8, 4) is 0 Å². The van der Waals surface area contributed by atoms with E-state index in [0.29, 0.717) is 55.2 Å². The summed E-state index contributed by atoms with van der Waals surface area (Å²) in [5.41, 5.74) is 3.61. The first-order valence-corrected chi connectivity index (χ1v) is 56.3. The topological polar surface area (TPSA) is 276 Å². The second kappa shape index (κ2) is 109. The minimum Gasteiger partial charge on any atom is -1.00 e. The summed E-state index contributed by atoms with van der Waals surface area (Å²) in [4.78, 5) is 0.143. The number of alkyl halides is 1. The molecule has 11 unspecified atom stereocenters. The molecule has 0 aromatic heterocycles. The van der Waals surface area contributed by atoms with E-state index in [2.05, 4.69) is 99.2 Å². The Labute approximate surface area is 856 Å². The molecule has 0 spiro atoms. The van der Waals surface area contributed by atoms with Gasteiger partial charge in [0.05, 0.1) is 80.9 Å². The van der Waals surface area contributed by atoms with E-state index in [-0.39, 0.29) is 80.1 Å². The Morgan fingerprint density at radius 3 is 1.26 bits per heavy atom. The predicted octanol–water partition coefficient (Wildman–Crippen LogP) is 23.4. The predicted molar refractivity (Wildman–Crippen MR) is 563 cm³/mol. The molecule has 1 aromatic rings. The van der Waals surface area contributed by atoms with Crippen molar-refractivity contribution in [2.45, 2.75) is 448 Å². The van der Waals surface area contributed by atoms with E-state index in [1.165, 1.54) is 237 Å². The van der Waals surface area contributed by atoms with E-state index < -0.39 is 9.05 Å². The van der Waals surface area contributed by atoms with Crippen LogP contribution in [0.2, 0.25) is 0 Å². The molecule has 1 aromatic carbocycles. The van der Waals surface area contributed by atoms with Crippen LogP contribution in [0, 0.1) is 53.3 Å². The molecule has 7 N–H and O–H groups in total. The summed E-state index contributed by atoms with van der Waals surface area (Å²) in [5.74, 6) is 6.12. The van der Waals surface area contributed by atoms with Crippen molar-refractivity contribution in [2.75, 3.05) is 167 Å². The molecule has 133 heavy (non-hydrogen) atoms. The van der Waals surface area contributed by atoms with Gasteiger partial charge in [-0.3, -0.25) is 0 Å². The van der Waals surface area contributed by atoms with Crippen molar-refractivity contribution >= 4 is 31.3 Å². The van der Waals surface area contributed by atoms with E-state index in [9.17, 15) is 23.7 Å². The van der Waals surface area contributed by atoms with Crippen LogP contribution >= 0.6 is 22.3 Å². The molecule has 0 radical (unpaired) electrons. The van der Waals surface area contributed by atoms with Gasteiger partial charge in [-0.05, 0) is 208 Å². The Morgan fingerprint density at radius 2 is 0.902 bits per heavy atom. The van der Waals surface area contributed by atoms with Crippen molar-refractivity contribution < 1.29 is 122 Å². The van der Waals surface area contributed by atoms with Crippen LogP contribution in [0.5, 0.6) is 0 Å². The molecule has 0 amide bonds. The fourth-order valence-electron chi connectivity index (χ4n) is 16.3. The van der Waals surface area contributed by atoms with Crippen molar-refractivity contribution in [3.63, 3.8) is 0 Å². The van der Waals surface area contributed by atoms with Crippen LogP contribution in [0.4, 0.5) is 0 Å². The number of halogens is 2. The zero-order chi connectivity index (χ0) is 100. The Kier molecular flexibility index (Phi) is 119. The molecule has 20 nitrogen and oxygen atoms in total. The maximum absolute atomic E-state index is 10.7. The van der Waals surface area contributed by atoms with Gasteiger partial charge < -0.3 is 89.5 Å². The maximum Gasteiger partial charge on any atom is 1.00 e. The zero-order valence-electron chi connectivity index (χ0n) is 92.2. The van der Waals surface area contributed by atoms with Gasteiger partial charge in [0.2, 0.25) is 0 Å². The molecule has 0 bridgehead atoms. The Morgan fingerprint density at radius 1 is 0.496 bits per heavy atom. The molecule has 2 heterocycles. The summed E-state index contributed by atoms with van der Waals surface area (Å²) in [6, 6.07) is 6.37. The minimum absolute atomic E-state index is 0. The largest absolute Gasteiger partial charge is 1.00 e. The van der Waals surface area contributed by atoms with Gasteiger partial charge in [-0.25, -0.2) is 8.42 Å². The zero-order valence-corrected chi connectivity index (χ0v) is 95.6. The third-order valence-electron chi connectivity index (χ3n) is 24.8. The fraction of sp³-hybridized carbons (Fsp3) is 0.927. The molecule has 5 fully saturated rings. The third-order valence-corrected chi connectivity index (χ3v) is 26.5. The van der Waals surface area contributed by atoms with E-state index >= 15 is 0 Å². The summed E-state index contributed by atoms with van der Waals surface area (Å²) >= 11 is 5.27. The van der Waals surface area contributed by atoms with Crippen LogP contribution in [-0.2, 0) is 61.2 Å². The summed E-state index contributed by atoms with van der Waals surface area (Å²) in [5, 5.41) is 55.3. The number of nitrogens with one attached hydrogen (secondary N) is 1. The molecular weight excluding hydrogens is 1750 g/mol. The van der Waals surface area contributed by atoms with Crippen LogP contribution < -0.4 is 34.9 Å². The van der Waals surface area contributed by atoms with Gasteiger partial charge in [-0.2, -0.15) is 0 Å². The number of ether oxygens (including phenoxy) is 11. The monoisotopic (exact) mass is 1970 g/mol. The van der Waals surface area contributed by atoms with Crippen LogP contribution in [0.15, 0.2) is 40.8 Å².